The summed E-state index contributed by atoms with van der Waals surface area (Å²) in [5.41, 5.74) is 8.03. The van der Waals surface area contributed by atoms with Crippen LogP contribution in [-0.2, 0) is 16.6 Å². The normalized spacial score (nSPS) is 17.4. The molecule has 0 atom stereocenters. The van der Waals surface area contributed by atoms with E-state index in [9.17, 15) is 17.2 Å². The number of benzene rings is 2. The van der Waals surface area contributed by atoms with Gasteiger partial charge in [-0.15, -0.1) is 0 Å². The van der Waals surface area contributed by atoms with Crippen LogP contribution in [0.2, 0.25) is 0 Å². The molecule has 0 aromatic heterocycles. The maximum absolute atomic E-state index is 13.2. The fourth-order valence-corrected chi connectivity index (χ4v) is 4.34. The molecule has 1 aliphatic carbocycles. The number of nitrogens with one attached hydrogen (secondary N) is 2. The van der Waals surface area contributed by atoms with Crippen molar-refractivity contribution >= 4 is 21.4 Å². The van der Waals surface area contributed by atoms with Crippen LogP contribution in [0.5, 0.6) is 0 Å². The molecule has 1 saturated carbocycles. The fraction of sp³-hybridized carbons (Fsp3) is 0.400. The molecule has 2 aromatic carbocycles. The highest BCUT2D eigenvalue weighted by Crippen LogP contribution is 2.36. The van der Waals surface area contributed by atoms with Gasteiger partial charge < -0.3 is 11.1 Å². The zero-order valence-corrected chi connectivity index (χ0v) is 16.3. The van der Waals surface area contributed by atoms with Crippen LogP contribution in [0.25, 0.3) is 0 Å². The summed E-state index contributed by atoms with van der Waals surface area (Å²) >= 11 is 0. The van der Waals surface area contributed by atoms with Crippen LogP contribution in [-0.4, -0.2) is 20.9 Å². The Morgan fingerprint density at radius 3 is 2.39 bits per heavy atom. The van der Waals surface area contributed by atoms with Crippen molar-refractivity contribution in [1.82, 2.24) is 4.72 Å². The molecule has 5 nitrogen and oxygen atoms in total. The van der Waals surface area contributed by atoms with E-state index in [1.54, 1.807) is 36.4 Å². The minimum atomic E-state index is -3.58. The lowest BCUT2D eigenvalue weighted by Crippen LogP contribution is -2.28. The summed E-state index contributed by atoms with van der Waals surface area (Å²) in [6, 6.07) is 13.5. The zero-order chi connectivity index (χ0) is 20.2. The van der Waals surface area contributed by atoms with Gasteiger partial charge >= 0.3 is 0 Å². The smallest absolute Gasteiger partial charge is 0.248 e. The minimum absolute atomic E-state index is 0.0602. The van der Waals surface area contributed by atoms with E-state index in [0.717, 1.165) is 11.3 Å². The first-order chi connectivity index (χ1) is 13.3. The molecule has 0 radical (unpaired) electrons. The molecular weight excluding hydrogens is 384 g/mol. The van der Waals surface area contributed by atoms with E-state index in [1.807, 2.05) is 0 Å². The van der Waals surface area contributed by atoms with Crippen molar-refractivity contribution in [3.63, 3.8) is 0 Å². The average Bonchev–Trinajstić information content (AvgIpc) is 2.67. The SMILES string of the molecule is Nc1cc(CNS(=O)(=O)c2ccccc2)ccc1NCC1CCC(F)(F)CC1. The number of hydrogen-bond acceptors (Lipinski definition) is 4. The molecule has 152 valence electrons. The second-order valence-electron chi connectivity index (χ2n) is 7.24. The monoisotopic (exact) mass is 409 g/mol. The van der Waals surface area contributed by atoms with E-state index < -0.39 is 15.9 Å². The molecule has 0 unspecified atom stereocenters. The van der Waals surface area contributed by atoms with Crippen molar-refractivity contribution in [2.45, 2.75) is 43.0 Å². The number of hydrogen-bond donors (Lipinski definition) is 3. The van der Waals surface area contributed by atoms with Crippen molar-refractivity contribution in [3.05, 3.63) is 54.1 Å². The third-order valence-electron chi connectivity index (χ3n) is 5.05. The van der Waals surface area contributed by atoms with Gasteiger partial charge in [-0.25, -0.2) is 21.9 Å². The van der Waals surface area contributed by atoms with Crippen molar-refractivity contribution in [2.24, 2.45) is 5.92 Å². The molecule has 1 fully saturated rings. The van der Waals surface area contributed by atoms with E-state index in [1.165, 1.54) is 12.1 Å². The predicted octanol–water partition coefficient (Wildman–Crippen LogP) is 3.98. The lowest BCUT2D eigenvalue weighted by Gasteiger charge is -2.28. The van der Waals surface area contributed by atoms with Crippen LogP contribution in [0.1, 0.15) is 31.2 Å². The molecule has 2 aromatic rings. The first kappa shape index (κ1) is 20.5. The number of halogens is 2. The van der Waals surface area contributed by atoms with Gasteiger partial charge in [0, 0.05) is 25.9 Å². The minimum Gasteiger partial charge on any atom is -0.397 e. The summed E-state index contributed by atoms with van der Waals surface area (Å²) in [6.07, 6.45) is 0.878. The number of nitrogen functional groups attached to an aromatic ring is 1. The maximum atomic E-state index is 13.2. The standard InChI is InChI=1S/C20H25F2N3O2S/c21-20(22)10-8-15(9-11-20)13-24-19-7-6-16(12-18(19)23)14-25-28(26,27)17-4-2-1-3-5-17/h1-7,12,15,24-25H,8-11,13-14,23H2. The van der Waals surface area contributed by atoms with Gasteiger partial charge in [-0.3, -0.25) is 0 Å². The number of rotatable bonds is 7. The third kappa shape index (κ3) is 5.42. The molecule has 0 saturated heterocycles. The average molecular weight is 410 g/mol. The molecular formula is C20H25F2N3O2S. The van der Waals surface area contributed by atoms with E-state index in [-0.39, 0.29) is 30.2 Å². The van der Waals surface area contributed by atoms with Crippen molar-refractivity contribution in [1.29, 1.82) is 0 Å². The molecule has 0 bridgehead atoms. The van der Waals surface area contributed by atoms with E-state index in [0.29, 0.717) is 25.1 Å². The Balaban J connectivity index is 1.54. The molecule has 8 heteroatoms. The molecule has 1 aliphatic rings. The summed E-state index contributed by atoms with van der Waals surface area (Å²) in [6.45, 7) is 0.722. The summed E-state index contributed by atoms with van der Waals surface area (Å²) in [7, 11) is -3.58. The highest BCUT2D eigenvalue weighted by molar-refractivity contribution is 7.89. The molecule has 0 amide bonds. The zero-order valence-electron chi connectivity index (χ0n) is 15.5. The van der Waals surface area contributed by atoms with Crippen molar-refractivity contribution < 1.29 is 17.2 Å². The van der Waals surface area contributed by atoms with Crippen LogP contribution < -0.4 is 15.8 Å². The summed E-state index contributed by atoms with van der Waals surface area (Å²) < 4.78 is 53.6. The van der Waals surface area contributed by atoms with Gasteiger partial charge in [-0.2, -0.15) is 0 Å². The quantitative estimate of drug-likeness (QED) is 0.604. The Morgan fingerprint density at radius 1 is 1.07 bits per heavy atom. The lowest BCUT2D eigenvalue weighted by atomic mass is 9.87. The molecule has 4 N–H and O–H groups in total. The summed E-state index contributed by atoms with van der Waals surface area (Å²) in [5.74, 6) is -2.32. The van der Waals surface area contributed by atoms with Crippen LogP contribution in [0.15, 0.2) is 53.4 Å². The molecule has 0 heterocycles. The maximum Gasteiger partial charge on any atom is 0.248 e. The van der Waals surface area contributed by atoms with Gasteiger partial charge in [0.1, 0.15) is 0 Å². The molecule has 0 aliphatic heterocycles. The van der Waals surface area contributed by atoms with E-state index >= 15 is 0 Å². The molecule has 28 heavy (non-hydrogen) atoms. The van der Waals surface area contributed by atoms with Gasteiger partial charge in [0.2, 0.25) is 15.9 Å². The molecule has 0 spiro atoms. The number of alkyl halides is 2. The lowest BCUT2D eigenvalue weighted by molar-refractivity contribution is -0.0443. The Labute approximate surface area is 164 Å². The fourth-order valence-electron chi connectivity index (χ4n) is 3.30. The van der Waals surface area contributed by atoms with Crippen LogP contribution in [0.4, 0.5) is 20.2 Å². The largest absolute Gasteiger partial charge is 0.397 e. The molecule has 3 rings (SSSR count). The van der Waals surface area contributed by atoms with Gasteiger partial charge in [0.25, 0.3) is 0 Å². The van der Waals surface area contributed by atoms with Crippen LogP contribution >= 0.6 is 0 Å². The van der Waals surface area contributed by atoms with Gasteiger partial charge in [-0.05, 0) is 48.6 Å². The Kier molecular flexibility index (Phi) is 6.20. The topological polar surface area (TPSA) is 84.2 Å². The number of sulfonamides is 1. The first-order valence-corrected chi connectivity index (χ1v) is 10.8. The summed E-state index contributed by atoms with van der Waals surface area (Å²) in [5, 5.41) is 3.23. The van der Waals surface area contributed by atoms with Crippen molar-refractivity contribution in [3.8, 4) is 0 Å². The number of anilines is 2. The Hall–Kier alpha value is -2.19. The highest BCUT2D eigenvalue weighted by atomic mass is 32.2. The van der Waals surface area contributed by atoms with Crippen LogP contribution in [0.3, 0.4) is 0 Å². The second-order valence-corrected chi connectivity index (χ2v) is 9.01. The van der Waals surface area contributed by atoms with Gasteiger partial charge in [0.05, 0.1) is 16.3 Å². The predicted molar refractivity (Wildman–Crippen MR) is 107 cm³/mol. The van der Waals surface area contributed by atoms with Crippen molar-refractivity contribution in [2.75, 3.05) is 17.6 Å². The van der Waals surface area contributed by atoms with E-state index in [2.05, 4.69) is 10.0 Å². The Bertz CT molecular complexity index is 895. The second kappa shape index (κ2) is 8.45. The Morgan fingerprint density at radius 2 is 1.75 bits per heavy atom. The van der Waals surface area contributed by atoms with Crippen LogP contribution in [0, 0.1) is 5.92 Å². The third-order valence-corrected chi connectivity index (χ3v) is 6.47. The van der Waals surface area contributed by atoms with E-state index in [4.69, 9.17) is 5.73 Å². The highest BCUT2D eigenvalue weighted by Gasteiger charge is 2.34. The first-order valence-electron chi connectivity index (χ1n) is 9.30. The number of nitrogens with two attached hydrogens (primary N) is 1. The van der Waals surface area contributed by atoms with Gasteiger partial charge in [0.15, 0.2) is 0 Å². The summed E-state index contributed by atoms with van der Waals surface area (Å²) in [4.78, 5) is 0.208. The van der Waals surface area contributed by atoms with Gasteiger partial charge in [-0.1, -0.05) is 24.3 Å².